The average Bonchev–Trinajstić information content (AvgIpc) is 3.15. The zero-order chi connectivity index (χ0) is 19.5. The second kappa shape index (κ2) is 8.36. The number of fused-ring (bicyclic) bond motifs is 1. The molecule has 0 saturated carbocycles. The molecule has 1 saturated heterocycles. The largest absolute Gasteiger partial charge is 0.483 e. The molecule has 0 spiro atoms. The number of piperazine rings is 1. The molecule has 1 fully saturated rings. The van der Waals surface area contributed by atoms with Crippen LogP contribution in [0.15, 0.2) is 40.9 Å². The summed E-state index contributed by atoms with van der Waals surface area (Å²) < 4.78 is 29.9. The Balaban J connectivity index is 1.25. The number of hydrogen-bond acceptors (Lipinski definition) is 5. The SMILES string of the molecule is O=C(COc1ccc(F)cc1Br)N1CCN(Cc2ccc3c(c2)OCO3)CC1. The van der Waals surface area contributed by atoms with Gasteiger partial charge in [0.1, 0.15) is 11.6 Å². The highest BCUT2D eigenvalue weighted by Crippen LogP contribution is 2.33. The van der Waals surface area contributed by atoms with Gasteiger partial charge in [-0.2, -0.15) is 0 Å². The molecule has 6 nitrogen and oxygen atoms in total. The third-order valence-electron chi connectivity index (χ3n) is 4.81. The van der Waals surface area contributed by atoms with Gasteiger partial charge in [-0.3, -0.25) is 9.69 Å². The van der Waals surface area contributed by atoms with Gasteiger partial charge in [0.05, 0.1) is 4.47 Å². The first kappa shape index (κ1) is 19.0. The van der Waals surface area contributed by atoms with Crippen LogP contribution in [0.5, 0.6) is 17.2 Å². The van der Waals surface area contributed by atoms with Crippen LogP contribution in [-0.2, 0) is 11.3 Å². The van der Waals surface area contributed by atoms with E-state index in [1.165, 1.54) is 18.2 Å². The fourth-order valence-corrected chi connectivity index (χ4v) is 3.74. The summed E-state index contributed by atoms with van der Waals surface area (Å²) in [7, 11) is 0. The number of rotatable bonds is 5. The minimum absolute atomic E-state index is 0.0631. The Morgan fingerprint density at radius 3 is 2.64 bits per heavy atom. The van der Waals surface area contributed by atoms with E-state index in [2.05, 4.69) is 20.8 Å². The van der Waals surface area contributed by atoms with Crippen molar-refractivity contribution in [2.45, 2.75) is 6.54 Å². The van der Waals surface area contributed by atoms with Crippen molar-refractivity contribution in [3.8, 4) is 17.2 Å². The zero-order valence-corrected chi connectivity index (χ0v) is 16.8. The number of ether oxygens (including phenoxy) is 3. The summed E-state index contributed by atoms with van der Waals surface area (Å²) >= 11 is 3.24. The molecule has 2 aromatic carbocycles. The van der Waals surface area contributed by atoms with Crippen molar-refractivity contribution >= 4 is 21.8 Å². The molecule has 0 aromatic heterocycles. The number of nitrogens with zero attached hydrogens (tertiary/aromatic N) is 2. The van der Waals surface area contributed by atoms with Crippen LogP contribution < -0.4 is 14.2 Å². The van der Waals surface area contributed by atoms with Crippen LogP contribution in [0.25, 0.3) is 0 Å². The molecule has 8 heteroatoms. The van der Waals surface area contributed by atoms with E-state index in [0.717, 1.165) is 36.7 Å². The lowest BCUT2D eigenvalue weighted by atomic mass is 10.1. The molecule has 2 aromatic rings. The molecule has 2 aliphatic rings. The van der Waals surface area contributed by atoms with Crippen LogP contribution in [0.1, 0.15) is 5.56 Å². The fourth-order valence-electron chi connectivity index (χ4n) is 3.28. The van der Waals surface area contributed by atoms with Crippen LogP contribution in [0.2, 0.25) is 0 Å². The summed E-state index contributed by atoms with van der Waals surface area (Å²) in [6, 6.07) is 10.1. The highest BCUT2D eigenvalue weighted by atomic mass is 79.9. The normalized spacial score (nSPS) is 16.3. The molecule has 4 rings (SSSR count). The number of amides is 1. The minimum atomic E-state index is -0.357. The van der Waals surface area contributed by atoms with E-state index in [1.807, 2.05) is 18.2 Å². The summed E-state index contributed by atoms with van der Waals surface area (Å²) in [4.78, 5) is 16.5. The van der Waals surface area contributed by atoms with E-state index in [0.29, 0.717) is 23.3 Å². The van der Waals surface area contributed by atoms with Crippen LogP contribution in [0.3, 0.4) is 0 Å². The summed E-state index contributed by atoms with van der Waals surface area (Å²) in [6.45, 7) is 3.90. The van der Waals surface area contributed by atoms with Crippen molar-refractivity contribution in [2.24, 2.45) is 0 Å². The van der Waals surface area contributed by atoms with Crippen LogP contribution >= 0.6 is 15.9 Å². The van der Waals surface area contributed by atoms with Crippen molar-refractivity contribution < 1.29 is 23.4 Å². The lowest BCUT2D eigenvalue weighted by molar-refractivity contribution is -0.135. The van der Waals surface area contributed by atoms with Gasteiger partial charge in [-0.1, -0.05) is 6.07 Å². The van der Waals surface area contributed by atoms with Gasteiger partial charge in [0.25, 0.3) is 5.91 Å². The number of hydrogen-bond donors (Lipinski definition) is 0. The van der Waals surface area contributed by atoms with Crippen molar-refractivity contribution in [1.82, 2.24) is 9.80 Å². The third-order valence-corrected chi connectivity index (χ3v) is 5.43. The summed E-state index contributed by atoms with van der Waals surface area (Å²) in [5.74, 6) is 1.60. The molecule has 28 heavy (non-hydrogen) atoms. The van der Waals surface area contributed by atoms with Crippen LogP contribution in [-0.4, -0.2) is 55.3 Å². The maximum atomic E-state index is 13.1. The highest BCUT2D eigenvalue weighted by molar-refractivity contribution is 9.10. The smallest absolute Gasteiger partial charge is 0.260 e. The van der Waals surface area contributed by atoms with Gasteiger partial charge in [-0.05, 0) is 51.8 Å². The first-order valence-corrected chi connectivity index (χ1v) is 9.84. The van der Waals surface area contributed by atoms with E-state index >= 15 is 0 Å². The summed E-state index contributed by atoms with van der Waals surface area (Å²) in [5.41, 5.74) is 1.16. The maximum Gasteiger partial charge on any atom is 0.260 e. The molecular formula is C20H20BrFN2O4. The average molecular weight is 451 g/mol. The Kier molecular flexibility index (Phi) is 5.68. The quantitative estimate of drug-likeness (QED) is 0.700. The molecule has 1 amide bonds. The Bertz CT molecular complexity index is 871. The topological polar surface area (TPSA) is 51.2 Å². The molecule has 0 atom stereocenters. The van der Waals surface area contributed by atoms with Crippen LogP contribution in [0, 0.1) is 5.82 Å². The van der Waals surface area contributed by atoms with Crippen molar-refractivity contribution in [3.05, 3.63) is 52.3 Å². The molecule has 2 heterocycles. The van der Waals surface area contributed by atoms with Crippen LogP contribution in [0.4, 0.5) is 4.39 Å². The lowest BCUT2D eigenvalue weighted by Gasteiger charge is -2.34. The first-order chi connectivity index (χ1) is 13.6. The van der Waals surface area contributed by atoms with Gasteiger partial charge >= 0.3 is 0 Å². The van der Waals surface area contributed by atoms with Gasteiger partial charge in [0, 0.05) is 32.7 Å². The van der Waals surface area contributed by atoms with Gasteiger partial charge < -0.3 is 19.1 Å². The molecule has 0 bridgehead atoms. The fraction of sp³-hybridized carbons (Fsp3) is 0.350. The number of carbonyl (C=O) groups is 1. The molecule has 0 N–H and O–H groups in total. The second-order valence-corrected chi connectivity index (χ2v) is 7.56. The van der Waals surface area contributed by atoms with Gasteiger partial charge in [0.15, 0.2) is 18.1 Å². The number of benzene rings is 2. The predicted molar refractivity (Wildman–Crippen MR) is 104 cm³/mol. The van der Waals surface area contributed by atoms with Crippen molar-refractivity contribution in [1.29, 1.82) is 0 Å². The molecule has 0 aliphatic carbocycles. The number of carbonyl (C=O) groups excluding carboxylic acids is 1. The molecular weight excluding hydrogens is 431 g/mol. The van der Waals surface area contributed by atoms with E-state index < -0.39 is 0 Å². The Labute approximate surface area is 170 Å². The van der Waals surface area contributed by atoms with Gasteiger partial charge in [-0.15, -0.1) is 0 Å². The van der Waals surface area contributed by atoms with Gasteiger partial charge in [0.2, 0.25) is 6.79 Å². The Morgan fingerprint density at radius 1 is 1.07 bits per heavy atom. The standard InChI is InChI=1S/C20H20BrFN2O4/c21-16-10-15(22)2-4-17(16)26-12-20(25)24-7-5-23(6-8-24)11-14-1-3-18-19(9-14)28-13-27-18/h1-4,9-10H,5-8,11-13H2. The zero-order valence-electron chi connectivity index (χ0n) is 15.2. The van der Waals surface area contributed by atoms with Gasteiger partial charge in [-0.25, -0.2) is 4.39 Å². The minimum Gasteiger partial charge on any atom is -0.483 e. The lowest BCUT2D eigenvalue weighted by Crippen LogP contribution is -2.49. The Hall–Kier alpha value is -2.32. The first-order valence-electron chi connectivity index (χ1n) is 9.05. The summed E-state index contributed by atoms with van der Waals surface area (Å²) in [6.07, 6.45) is 0. The molecule has 148 valence electrons. The monoisotopic (exact) mass is 450 g/mol. The van der Waals surface area contributed by atoms with Crippen molar-refractivity contribution in [2.75, 3.05) is 39.6 Å². The predicted octanol–water partition coefficient (Wildman–Crippen LogP) is 3.04. The molecule has 0 unspecified atom stereocenters. The molecule has 2 aliphatic heterocycles. The van der Waals surface area contributed by atoms with Crippen molar-refractivity contribution in [3.63, 3.8) is 0 Å². The van der Waals surface area contributed by atoms with E-state index in [9.17, 15) is 9.18 Å². The third kappa shape index (κ3) is 4.39. The van der Waals surface area contributed by atoms with E-state index in [1.54, 1.807) is 4.90 Å². The van der Waals surface area contributed by atoms with E-state index in [-0.39, 0.29) is 25.1 Å². The highest BCUT2D eigenvalue weighted by Gasteiger charge is 2.22. The number of halogens is 2. The maximum absolute atomic E-state index is 13.1. The van der Waals surface area contributed by atoms with E-state index in [4.69, 9.17) is 14.2 Å². The molecule has 0 radical (unpaired) electrons. The summed E-state index contributed by atoms with van der Waals surface area (Å²) in [5, 5.41) is 0. The second-order valence-electron chi connectivity index (χ2n) is 6.71. The Morgan fingerprint density at radius 2 is 1.86 bits per heavy atom.